The number of thiazole rings is 1. The van der Waals surface area contributed by atoms with Gasteiger partial charge >= 0.3 is 0 Å². The van der Waals surface area contributed by atoms with Crippen LogP contribution in [0.5, 0.6) is 0 Å². The number of hydrogen-bond donors (Lipinski definition) is 1. The number of benzene rings is 2. The SMILES string of the molecule is Cc1nc2c(=O)n(CC(=O)Nc3ccc(Br)cc3)nc(-c3ccc(F)cc3)c2s1. The third-order valence-electron chi connectivity index (χ3n) is 4.15. The number of aryl methyl sites for hydroxylation is 1. The number of amides is 1. The molecule has 29 heavy (non-hydrogen) atoms. The molecule has 0 saturated heterocycles. The van der Waals surface area contributed by atoms with Gasteiger partial charge in [0.2, 0.25) is 5.91 Å². The smallest absolute Gasteiger partial charge is 0.294 e. The molecule has 1 N–H and O–H groups in total. The fraction of sp³-hybridized carbons (Fsp3) is 0.100. The first-order valence-electron chi connectivity index (χ1n) is 8.60. The number of hydrogen-bond acceptors (Lipinski definition) is 5. The molecule has 0 aliphatic rings. The lowest BCUT2D eigenvalue weighted by Gasteiger charge is -2.09. The molecule has 146 valence electrons. The maximum absolute atomic E-state index is 13.3. The predicted octanol–water partition coefficient (Wildman–Crippen LogP) is 4.37. The number of carbonyl (C=O) groups is 1. The van der Waals surface area contributed by atoms with Gasteiger partial charge in [0.15, 0.2) is 5.52 Å². The Morgan fingerprint density at radius 1 is 1.17 bits per heavy atom. The van der Waals surface area contributed by atoms with Gasteiger partial charge in [-0.15, -0.1) is 11.3 Å². The average Bonchev–Trinajstić information content (AvgIpc) is 3.09. The lowest BCUT2D eigenvalue weighted by atomic mass is 10.1. The van der Waals surface area contributed by atoms with Crippen molar-refractivity contribution < 1.29 is 9.18 Å². The van der Waals surface area contributed by atoms with Crippen LogP contribution in [-0.4, -0.2) is 20.7 Å². The minimum Gasteiger partial charge on any atom is -0.324 e. The number of fused-ring (bicyclic) bond motifs is 1. The van der Waals surface area contributed by atoms with E-state index < -0.39 is 11.5 Å². The van der Waals surface area contributed by atoms with Crippen LogP contribution in [0.25, 0.3) is 21.5 Å². The molecule has 0 spiro atoms. The van der Waals surface area contributed by atoms with E-state index in [9.17, 15) is 14.0 Å². The Balaban J connectivity index is 1.73. The average molecular weight is 473 g/mol. The highest BCUT2D eigenvalue weighted by molar-refractivity contribution is 9.10. The summed E-state index contributed by atoms with van der Waals surface area (Å²) in [6.07, 6.45) is 0. The van der Waals surface area contributed by atoms with Gasteiger partial charge in [0.1, 0.15) is 18.1 Å². The largest absolute Gasteiger partial charge is 0.324 e. The molecule has 0 saturated carbocycles. The number of nitrogens with zero attached hydrogens (tertiary/aromatic N) is 3. The Morgan fingerprint density at radius 2 is 1.86 bits per heavy atom. The minimum absolute atomic E-state index is 0.248. The molecular weight excluding hydrogens is 459 g/mol. The van der Waals surface area contributed by atoms with E-state index >= 15 is 0 Å². The summed E-state index contributed by atoms with van der Waals surface area (Å²) in [5, 5.41) is 7.84. The van der Waals surface area contributed by atoms with Crippen molar-refractivity contribution in [3.05, 3.63) is 74.2 Å². The first kappa shape index (κ1) is 19.4. The van der Waals surface area contributed by atoms with E-state index in [-0.39, 0.29) is 17.9 Å². The molecule has 9 heteroatoms. The molecule has 0 atom stereocenters. The summed E-state index contributed by atoms with van der Waals surface area (Å²) in [6.45, 7) is 1.53. The number of aromatic nitrogens is 3. The molecule has 2 heterocycles. The van der Waals surface area contributed by atoms with Crippen molar-refractivity contribution >= 4 is 49.1 Å². The van der Waals surface area contributed by atoms with Gasteiger partial charge in [0.25, 0.3) is 5.56 Å². The quantitative estimate of drug-likeness (QED) is 0.478. The zero-order valence-electron chi connectivity index (χ0n) is 15.1. The molecule has 4 aromatic rings. The highest BCUT2D eigenvalue weighted by Gasteiger charge is 2.18. The Hall–Kier alpha value is -2.91. The number of rotatable bonds is 4. The van der Waals surface area contributed by atoms with E-state index in [4.69, 9.17) is 0 Å². The minimum atomic E-state index is -0.443. The van der Waals surface area contributed by atoms with Crippen LogP contribution in [0.3, 0.4) is 0 Å². The standard InChI is InChI=1S/C20H14BrFN4O2S/c1-11-23-18-19(29-11)17(12-2-6-14(22)7-3-12)25-26(20(18)28)10-16(27)24-15-8-4-13(21)5-9-15/h2-9H,10H2,1H3,(H,24,27). The van der Waals surface area contributed by atoms with Crippen LogP contribution < -0.4 is 10.9 Å². The Morgan fingerprint density at radius 3 is 2.55 bits per heavy atom. The van der Waals surface area contributed by atoms with Gasteiger partial charge < -0.3 is 5.32 Å². The van der Waals surface area contributed by atoms with E-state index in [1.54, 1.807) is 43.3 Å². The normalized spacial score (nSPS) is 11.0. The Bertz CT molecular complexity index is 1270. The van der Waals surface area contributed by atoms with Crippen LogP contribution in [0, 0.1) is 12.7 Å². The fourth-order valence-electron chi connectivity index (χ4n) is 2.84. The molecule has 2 aromatic heterocycles. The summed E-state index contributed by atoms with van der Waals surface area (Å²) in [7, 11) is 0. The third kappa shape index (κ3) is 4.10. The molecule has 0 radical (unpaired) electrons. The number of anilines is 1. The zero-order valence-corrected chi connectivity index (χ0v) is 17.6. The van der Waals surface area contributed by atoms with Crippen molar-refractivity contribution in [2.24, 2.45) is 0 Å². The number of halogens is 2. The van der Waals surface area contributed by atoms with Crippen molar-refractivity contribution in [3.8, 4) is 11.3 Å². The lowest BCUT2D eigenvalue weighted by molar-refractivity contribution is -0.117. The number of nitrogens with one attached hydrogen (secondary N) is 1. The molecule has 0 aliphatic heterocycles. The van der Waals surface area contributed by atoms with Crippen molar-refractivity contribution in [1.29, 1.82) is 0 Å². The van der Waals surface area contributed by atoms with Crippen molar-refractivity contribution in [2.75, 3.05) is 5.32 Å². The van der Waals surface area contributed by atoms with Crippen molar-refractivity contribution in [2.45, 2.75) is 13.5 Å². The summed E-state index contributed by atoms with van der Waals surface area (Å²) in [5.74, 6) is -0.758. The Kier molecular flexibility index (Phi) is 5.25. The molecule has 6 nitrogen and oxygen atoms in total. The molecule has 0 fully saturated rings. The molecule has 0 unspecified atom stereocenters. The summed E-state index contributed by atoms with van der Waals surface area (Å²) in [6, 6.07) is 12.9. The third-order valence-corrected chi connectivity index (χ3v) is 5.65. The van der Waals surface area contributed by atoms with Gasteiger partial charge in [0.05, 0.1) is 9.71 Å². The zero-order chi connectivity index (χ0) is 20.5. The van der Waals surface area contributed by atoms with E-state index in [2.05, 4.69) is 31.3 Å². The van der Waals surface area contributed by atoms with E-state index in [1.807, 2.05) is 0 Å². The van der Waals surface area contributed by atoms with Crippen LogP contribution in [-0.2, 0) is 11.3 Å². The maximum Gasteiger partial charge on any atom is 0.294 e. The molecule has 0 aliphatic carbocycles. The van der Waals surface area contributed by atoms with E-state index in [1.165, 1.54) is 23.5 Å². The monoisotopic (exact) mass is 472 g/mol. The van der Waals surface area contributed by atoms with E-state index in [0.717, 1.165) is 9.15 Å². The highest BCUT2D eigenvalue weighted by Crippen LogP contribution is 2.29. The van der Waals surface area contributed by atoms with Gasteiger partial charge in [0, 0.05) is 15.7 Å². The van der Waals surface area contributed by atoms with Gasteiger partial charge in [-0.05, 0) is 55.5 Å². The summed E-state index contributed by atoms with van der Waals surface area (Å²) in [4.78, 5) is 29.6. The number of carbonyl (C=O) groups excluding carboxylic acids is 1. The molecular formula is C20H14BrFN4O2S. The second kappa shape index (κ2) is 7.84. The molecule has 0 bridgehead atoms. The second-order valence-electron chi connectivity index (χ2n) is 6.28. The van der Waals surface area contributed by atoms with Gasteiger partial charge in [-0.2, -0.15) is 5.10 Å². The van der Waals surface area contributed by atoms with Gasteiger partial charge in [-0.3, -0.25) is 9.59 Å². The first-order valence-corrected chi connectivity index (χ1v) is 10.2. The Labute approximate surface area is 177 Å². The summed E-state index contributed by atoms with van der Waals surface area (Å²) >= 11 is 4.67. The van der Waals surface area contributed by atoms with Crippen LogP contribution in [0.15, 0.2) is 57.8 Å². The molecule has 1 amide bonds. The fourth-order valence-corrected chi connectivity index (χ4v) is 4.02. The predicted molar refractivity (Wildman–Crippen MR) is 115 cm³/mol. The lowest BCUT2D eigenvalue weighted by Crippen LogP contribution is -2.30. The summed E-state index contributed by atoms with van der Waals surface area (Å²) in [5.41, 5.74) is 1.54. The van der Waals surface area contributed by atoms with Gasteiger partial charge in [-0.1, -0.05) is 15.9 Å². The van der Waals surface area contributed by atoms with Crippen LogP contribution in [0.1, 0.15) is 5.01 Å². The van der Waals surface area contributed by atoms with Crippen LogP contribution >= 0.6 is 27.3 Å². The van der Waals surface area contributed by atoms with Crippen molar-refractivity contribution in [1.82, 2.24) is 14.8 Å². The van der Waals surface area contributed by atoms with E-state index in [0.29, 0.717) is 26.7 Å². The first-order chi connectivity index (χ1) is 13.9. The van der Waals surface area contributed by atoms with Crippen molar-refractivity contribution in [3.63, 3.8) is 0 Å². The highest BCUT2D eigenvalue weighted by atomic mass is 79.9. The molecule has 4 rings (SSSR count). The van der Waals surface area contributed by atoms with Gasteiger partial charge in [-0.25, -0.2) is 14.1 Å². The summed E-state index contributed by atoms with van der Waals surface area (Å²) < 4.78 is 15.9. The second-order valence-corrected chi connectivity index (χ2v) is 8.40. The molecule has 2 aromatic carbocycles. The van der Waals surface area contributed by atoms with Crippen LogP contribution in [0.2, 0.25) is 0 Å². The maximum atomic E-state index is 13.3. The topological polar surface area (TPSA) is 76.9 Å². The van der Waals surface area contributed by atoms with Crippen LogP contribution in [0.4, 0.5) is 10.1 Å².